The molecule has 0 aromatic heterocycles. The van der Waals surface area contributed by atoms with Crippen molar-refractivity contribution in [2.45, 2.75) is 30.0 Å². The van der Waals surface area contributed by atoms with E-state index in [0.717, 1.165) is 10.5 Å². The average molecular weight is 361 g/mol. The maximum atomic E-state index is 12.5. The van der Waals surface area contributed by atoms with Gasteiger partial charge in [-0.05, 0) is 43.7 Å². The normalized spacial score (nSPS) is 17.6. The first-order valence-corrected chi connectivity index (χ1v) is 8.88. The summed E-state index contributed by atoms with van der Waals surface area (Å²) in [6.07, 6.45) is 0. The molecule has 0 bridgehead atoms. The molecular formula is C18H17ClN2O2S. The van der Waals surface area contributed by atoms with E-state index in [9.17, 15) is 9.59 Å². The number of amides is 2. The van der Waals surface area contributed by atoms with Crippen molar-refractivity contribution < 1.29 is 9.59 Å². The largest absolute Gasteiger partial charge is 0.345 e. The van der Waals surface area contributed by atoms with Gasteiger partial charge in [-0.25, -0.2) is 0 Å². The Bertz CT molecular complexity index is 809. The standard InChI is InChI=1S/C18H17ClN2O2S/c1-10(13-5-3-4-6-14(13)19)20-18(23)12-7-8-16-15(9-12)21-17(22)11(2)24-16/h3-11H,1-2H3,(H,20,23)(H,21,22)/t10-,11+/m1/s1. The van der Waals surface area contributed by atoms with Crippen LogP contribution < -0.4 is 10.6 Å². The van der Waals surface area contributed by atoms with E-state index < -0.39 is 0 Å². The van der Waals surface area contributed by atoms with Gasteiger partial charge in [0.15, 0.2) is 0 Å². The Labute approximate surface area is 150 Å². The molecule has 124 valence electrons. The Morgan fingerprint density at radius 2 is 2.04 bits per heavy atom. The lowest BCUT2D eigenvalue weighted by atomic mass is 10.1. The Morgan fingerprint density at radius 3 is 2.79 bits per heavy atom. The number of fused-ring (bicyclic) bond motifs is 1. The van der Waals surface area contributed by atoms with Crippen LogP contribution in [0.4, 0.5) is 5.69 Å². The smallest absolute Gasteiger partial charge is 0.251 e. The molecule has 0 saturated heterocycles. The summed E-state index contributed by atoms with van der Waals surface area (Å²) < 4.78 is 0. The van der Waals surface area contributed by atoms with Crippen molar-refractivity contribution in [1.82, 2.24) is 5.32 Å². The molecule has 0 unspecified atom stereocenters. The molecule has 1 heterocycles. The van der Waals surface area contributed by atoms with Crippen LogP contribution >= 0.6 is 23.4 Å². The third-order valence-electron chi connectivity index (χ3n) is 3.89. The second-order valence-corrected chi connectivity index (χ2v) is 7.47. The van der Waals surface area contributed by atoms with Crippen molar-refractivity contribution in [2.24, 2.45) is 0 Å². The average Bonchev–Trinajstić information content (AvgIpc) is 2.55. The van der Waals surface area contributed by atoms with Gasteiger partial charge in [-0.2, -0.15) is 0 Å². The molecule has 6 heteroatoms. The van der Waals surface area contributed by atoms with Crippen LogP contribution in [0, 0.1) is 0 Å². The third-order valence-corrected chi connectivity index (χ3v) is 5.41. The number of rotatable bonds is 3. The zero-order valence-corrected chi connectivity index (χ0v) is 14.9. The van der Waals surface area contributed by atoms with Gasteiger partial charge in [-0.1, -0.05) is 29.8 Å². The van der Waals surface area contributed by atoms with Crippen LogP contribution in [0.25, 0.3) is 0 Å². The molecule has 2 amide bonds. The molecule has 2 aromatic carbocycles. The Kier molecular flexibility index (Phi) is 4.83. The van der Waals surface area contributed by atoms with Crippen molar-refractivity contribution in [3.8, 4) is 0 Å². The molecule has 0 spiro atoms. The maximum Gasteiger partial charge on any atom is 0.251 e. The lowest BCUT2D eigenvalue weighted by molar-refractivity contribution is -0.115. The number of anilines is 1. The number of carbonyl (C=O) groups excluding carboxylic acids is 2. The Hall–Kier alpha value is -1.98. The van der Waals surface area contributed by atoms with E-state index in [-0.39, 0.29) is 23.1 Å². The minimum Gasteiger partial charge on any atom is -0.345 e. The number of nitrogens with one attached hydrogen (secondary N) is 2. The first-order chi connectivity index (χ1) is 11.5. The summed E-state index contributed by atoms with van der Waals surface area (Å²) in [6, 6.07) is 12.6. The third kappa shape index (κ3) is 3.42. The molecular weight excluding hydrogens is 344 g/mol. The number of carbonyl (C=O) groups is 2. The fourth-order valence-corrected chi connectivity index (χ4v) is 3.76. The summed E-state index contributed by atoms with van der Waals surface area (Å²) in [5.74, 6) is -0.252. The Morgan fingerprint density at radius 1 is 1.29 bits per heavy atom. The van der Waals surface area contributed by atoms with Crippen molar-refractivity contribution in [3.63, 3.8) is 0 Å². The predicted octanol–water partition coefficient (Wildman–Crippen LogP) is 4.26. The summed E-state index contributed by atoms with van der Waals surface area (Å²) in [6.45, 7) is 3.74. The van der Waals surface area contributed by atoms with Gasteiger partial charge in [0.25, 0.3) is 5.91 Å². The first kappa shape index (κ1) is 16.9. The van der Waals surface area contributed by atoms with Crippen LogP contribution in [0.5, 0.6) is 0 Å². The van der Waals surface area contributed by atoms with E-state index in [4.69, 9.17) is 11.6 Å². The molecule has 0 saturated carbocycles. The SMILES string of the molecule is C[C@@H]1Sc2ccc(C(=O)N[C@H](C)c3ccccc3Cl)cc2NC1=O. The van der Waals surface area contributed by atoms with Gasteiger partial charge in [0.05, 0.1) is 17.0 Å². The summed E-state index contributed by atoms with van der Waals surface area (Å²) in [4.78, 5) is 25.3. The zero-order valence-electron chi connectivity index (χ0n) is 13.3. The molecule has 1 aliphatic heterocycles. The van der Waals surface area contributed by atoms with E-state index in [2.05, 4.69) is 10.6 Å². The summed E-state index contributed by atoms with van der Waals surface area (Å²) >= 11 is 7.66. The van der Waals surface area contributed by atoms with Gasteiger partial charge >= 0.3 is 0 Å². The summed E-state index contributed by atoms with van der Waals surface area (Å²) in [5, 5.41) is 6.27. The van der Waals surface area contributed by atoms with Crippen LogP contribution in [0.2, 0.25) is 5.02 Å². The van der Waals surface area contributed by atoms with Crippen LogP contribution in [-0.4, -0.2) is 17.1 Å². The van der Waals surface area contributed by atoms with E-state index in [1.165, 1.54) is 11.8 Å². The summed E-state index contributed by atoms with van der Waals surface area (Å²) in [7, 11) is 0. The number of thioether (sulfide) groups is 1. The van der Waals surface area contributed by atoms with Gasteiger partial charge < -0.3 is 10.6 Å². The van der Waals surface area contributed by atoms with E-state index in [1.54, 1.807) is 18.2 Å². The van der Waals surface area contributed by atoms with Crippen LogP contribution in [0.15, 0.2) is 47.4 Å². The second-order valence-electron chi connectivity index (χ2n) is 5.68. The number of hydrogen-bond acceptors (Lipinski definition) is 3. The highest BCUT2D eigenvalue weighted by Crippen LogP contribution is 2.36. The number of benzene rings is 2. The molecule has 3 rings (SSSR count). The van der Waals surface area contributed by atoms with Gasteiger partial charge in [-0.3, -0.25) is 9.59 Å². The van der Waals surface area contributed by atoms with Gasteiger partial charge in [0, 0.05) is 15.5 Å². The van der Waals surface area contributed by atoms with E-state index in [0.29, 0.717) is 16.3 Å². The molecule has 4 nitrogen and oxygen atoms in total. The van der Waals surface area contributed by atoms with Crippen molar-refractivity contribution in [3.05, 3.63) is 58.6 Å². The molecule has 0 radical (unpaired) electrons. The highest BCUT2D eigenvalue weighted by Gasteiger charge is 2.24. The fourth-order valence-electron chi connectivity index (χ4n) is 2.53. The van der Waals surface area contributed by atoms with Crippen LogP contribution in [-0.2, 0) is 4.79 Å². The van der Waals surface area contributed by atoms with E-state index in [1.807, 2.05) is 38.1 Å². The minimum absolute atomic E-state index is 0.0468. The minimum atomic E-state index is -0.216. The molecule has 0 aliphatic carbocycles. The Balaban J connectivity index is 1.78. The van der Waals surface area contributed by atoms with Crippen molar-refractivity contribution >= 4 is 40.9 Å². The molecule has 0 fully saturated rings. The fraction of sp³-hybridized carbons (Fsp3) is 0.222. The molecule has 2 N–H and O–H groups in total. The van der Waals surface area contributed by atoms with E-state index >= 15 is 0 Å². The highest BCUT2D eigenvalue weighted by molar-refractivity contribution is 8.00. The highest BCUT2D eigenvalue weighted by atomic mass is 35.5. The summed E-state index contributed by atoms with van der Waals surface area (Å²) in [5.41, 5.74) is 2.05. The topological polar surface area (TPSA) is 58.2 Å². The number of hydrogen-bond donors (Lipinski definition) is 2. The number of halogens is 1. The monoisotopic (exact) mass is 360 g/mol. The van der Waals surface area contributed by atoms with Crippen molar-refractivity contribution in [2.75, 3.05) is 5.32 Å². The second kappa shape index (κ2) is 6.87. The van der Waals surface area contributed by atoms with Gasteiger partial charge in [0.2, 0.25) is 5.91 Å². The molecule has 2 atom stereocenters. The molecule has 1 aliphatic rings. The predicted molar refractivity (Wildman–Crippen MR) is 97.7 cm³/mol. The maximum absolute atomic E-state index is 12.5. The van der Waals surface area contributed by atoms with Crippen LogP contribution in [0.1, 0.15) is 35.8 Å². The van der Waals surface area contributed by atoms with Gasteiger partial charge in [-0.15, -0.1) is 11.8 Å². The molecule has 2 aromatic rings. The lowest BCUT2D eigenvalue weighted by Gasteiger charge is -2.22. The van der Waals surface area contributed by atoms with Gasteiger partial charge in [0.1, 0.15) is 0 Å². The van der Waals surface area contributed by atoms with Crippen LogP contribution in [0.3, 0.4) is 0 Å². The van der Waals surface area contributed by atoms with Crippen molar-refractivity contribution in [1.29, 1.82) is 0 Å². The zero-order chi connectivity index (χ0) is 17.3. The molecule has 24 heavy (non-hydrogen) atoms. The lowest BCUT2D eigenvalue weighted by Crippen LogP contribution is -2.28. The first-order valence-electron chi connectivity index (χ1n) is 7.62. The quantitative estimate of drug-likeness (QED) is 0.859.